The van der Waals surface area contributed by atoms with Crippen LogP contribution in [0, 0.1) is 0 Å². The van der Waals surface area contributed by atoms with E-state index in [-0.39, 0.29) is 6.61 Å². The molecule has 1 aliphatic heterocycles. The van der Waals surface area contributed by atoms with Crippen LogP contribution in [0.5, 0.6) is 0 Å². The summed E-state index contributed by atoms with van der Waals surface area (Å²) in [4.78, 5) is 26.0. The van der Waals surface area contributed by atoms with Crippen LogP contribution in [0.3, 0.4) is 0 Å². The number of carbonyl (C=O) groups is 2. The highest BCUT2D eigenvalue weighted by Crippen LogP contribution is 2.44. The SMILES string of the molecule is CCCC1=C(C(=O)OCC)C(c2ccccc2Cl)c2cn(C(=O)Nc3ccccc3)nc2N1. The van der Waals surface area contributed by atoms with Gasteiger partial charge < -0.3 is 15.4 Å². The molecule has 0 spiro atoms. The van der Waals surface area contributed by atoms with Crippen molar-refractivity contribution in [3.8, 4) is 0 Å². The van der Waals surface area contributed by atoms with Gasteiger partial charge in [0.15, 0.2) is 5.82 Å². The van der Waals surface area contributed by atoms with Crippen molar-refractivity contribution >= 4 is 35.1 Å². The molecule has 1 aliphatic rings. The first-order valence-corrected chi connectivity index (χ1v) is 11.3. The fourth-order valence-electron chi connectivity index (χ4n) is 3.97. The summed E-state index contributed by atoms with van der Waals surface area (Å²) in [7, 11) is 0. The molecule has 7 nitrogen and oxygen atoms in total. The Morgan fingerprint density at radius 1 is 1.09 bits per heavy atom. The van der Waals surface area contributed by atoms with Gasteiger partial charge in [-0.25, -0.2) is 9.59 Å². The Bertz CT molecular complexity index is 1200. The van der Waals surface area contributed by atoms with Crippen molar-refractivity contribution in [1.82, 2.24) is 9.78 Å². The van der Waals surface area contributed by atoms with Crippen LogP contribution in [0.1, 0.15) is 43.7 Å². The molecule has 1 amide bonds. The van der Waals surface area contributed by atoms with Crippen LogP contribution < -0.4 is 10.6 Å². The lowest BCUT2D eigenvalue weighted by molar-refractivity contribution is -0.138. The lowest BCUT2D eigenvalue weighted by atomic mass is 9.82. The number of hydrogen-bond donors (Lipinski definition) is 2. The molecule has 2 heterocycles. The number of esters is 1. The molecule has 1 aromatic heterocycles. The Kier molecular flexibility index (Phi) is 6.79. The number of para-hydroxylation sites is 1. The normalized spacial score (nSPS) is 14.9. The van der Waals surface area contributed by atoms with Crippen molar-refractivity contribution in [3.05, 3.63) is 88.2 Å². The smallest absolute Gasteiger partial charge is 0.346 e. The average molecular weight is 465 g/mol. The van der Waals surface area contributed by atoms with Gasteiger partial charge in [-0.3, -0.25) is 0 Å². The van der Waals surface area contributed by atoms with Crippen molar-refractivity contribution in [1.29, 1.82) is 0 Å². The lowest BCUT2D eigenvalue weighted by Crippen LogP contribution is -2.25. The van der Waals surface area contributed by atoms with Crippen LogP contribution in [0.4, 0.5) is 16.3 Å². The number of fused-ring (bicyclic) bond motifs is 1. The molecule has 2 N–H and O–H groups in total. The molecule has 0 fully saturated rings. The molecule has 2 aromatic carbocycles. The van der Waals surface area contributed by atoms with Crippen LogP contribution in [0.15, 0.2) is 72.1 Å². The van der Waals surface area contributed by atoms with Gasteiger partial charge in [0.1, 0.15) is 0 Å². The summed E-state index contributed by atoms with van der Waals surface area (Å²) in [6, 6.07) is 16.1. The monoisotopic (exact) mass is 464 g/mol. The van der Waals surface area contributed by atoms with E-state index in [9.17, 15) is 9.59 Å². The van der Waals surface area contributed by atoms with Crippen molar-refractivity contribution in [2.45, 2.75) is 32.6 Å². The number of aromatic nitrogens is 2. The first kappa shape index (κ1) is 22.6. The predicted molar refractivity (Wildman–Crippen MR) is 129 cm³/mol. The minimum Gasteiger partial charge on any atom is -0.463 e. The first-order valence-electron chi connectivity index (χ1n) is 10.9. The van der Waals surface area contributed by atoms with Crippen LogP contribution >= 0.6 is 11.6 Å². The zero-order valence-electron chi connectivity index (χ0n) is 18.5. The van der Waals surface area contributed by atoms with Crippen LogP contribution in [-0.2, 0) is 9.53 Å². The maximum absolute atomic E-state index is 13.1. The molecule has 4 rings (SSSR count). The second kappa shape index (κ2) is 9.92. The lowest BCUT2D eigenvalue weighted by Gasteiger charge is -2.28. The third-order valence-corrected chi connectivity index (χ3v) is 5.73. The van der Waals surface area contributed by atoms with Crippen LogP contribution in [0.2, 0.25) is 5.02 Å². The Labute approximate surface area is 197 Å². The number of carbonyl (C=O) groups excluding carboxylic acids is 2. The van der Waals surface area contributed by atoms with Gasteiger partial charge in [0, 0.05) is 34.1 Å². The summed E-state index contributed by atoms with van der Waals surface area (Å²) >= 11 is 6.57. The molecular weight excluding hydrogens is 440 g/mol. The highest BCUT2D eigenvalue weighted by atomic mass is 35.5. The minimum absolute atomic E-state index is 0.253. The van der Waals surface area contributed by atoms with Crippen LogP contribution in [-0.4, -0.2) is 28.4 Å². The molecule has 0 bridgehead atoms. The van der Waals surface area contributed by atoms with Gasteiger partial charge in [-0.2, -0.15) is 4.68 Å². The van der Waals surface area contributed by atoms with Crippen molar-refractivity contribution in [2.75, 3.05) is 17.2 Å². The highest BCUT2D eigenvalue weighted by Gasteiger charge is 2.37. The molecule has 0 saturated carbocycles. The van der Waals surface area contributed by atoms with E-state index in [1.165, 1.54) is 4.68 Å². The third kappa shape index (κ3) is 4.64. The Balaban J connectivity index is 1.81. The van der Waals surface area contributed by atoms with Gasteiger partial charge in [0.2, 0.25) is 0 Å². The second-order valence-electron chi connectivity index (χ2n) is 7.62. The molecule has 0 radical (unpaired) electrons. The fourth-order valence-corrected chi connectivity index (χ4v) is 4.22. The number of anilines is 2. The van der Waals surface area contributed by atoms with Gasteiger partial charge in [0.05, 0.1) is 12.2 Å². The molecule has 170 valence electrons. The van der Waals surface area contributed by atoms with E-state index < -0.39 is 17.9 Å². The number of halogens is 1. The molecule has 1 atom stereocenters. The molecular formula is C25H25ClN4O3. The molecule has 3 aromatic rings. The zero-order chi connectivity index (χ0) is 23.4. The van der Waals surface area contributed by atoms with E-state index in [1.54, 1.807) is 31.3 Å². The average Bonchev–Trinajstić information content (AvgIpc) is 3.24. The van der Waals surface area contributed by atoms with Gasteiger partial charge in [-0.05, 0) is 37.1 Å². The fraction of sp³-hybridized carbons (Fsp3) is 0.240. The number of amides is 1. The number of rotatable bonds is 6. The Morgan fingerprint density at radius 2 is 1.82 bits per heavy atom. The first-order chi connectivity index (χ1) is 16.0. The van der Waals surface area contributed by atoms with Crippen molar-refractivity contribution in [2.24, 2.45) is 0 Å². The van der Waals surface area contributed by atoms with E-state index >= 15 is 0 Å². The maximum atomic E-state index is 13.1. The van der Waals surface area contributed by atoms with Gasteiger partial charge in [-0.15, -0.1) is 5.10 Å². The van der Waals surface area contributed by atoms with E-state index in [0.717, 1.165) is 17.7 Å². The summed E-state index contributed by atoms with van der Waals surface area (Å²) in [6.45, 7) is 4.06. The van der Waals surface area contributed by atoms with E-state index in [1.807, 2.05) is 43.3 Å². The summed E-state index contributed by atoms with van der Waals surface area (Å²) < 4.78 is 6.65. The molecule has 0 saturated heterocycles. The van der Waals surface area contributed by atoms with Gasteiger partial charge >= 0.3 is 12.0 Å². The second-order valence-corrected chi connectivity index (χ2v) is 8.02. The van der Waals surface area contributed by atoms with E-state index in [0.29, 0.717) is 34.1 Å². The topological polar surface area (TPSA) is 85.2 Å². The van der Waals surface area contributed by atoms with Gasteiger partial charge in [-0.1, -0.05) is 61.3 Å². The minimum atomic E-state index is -0.520. The molecule has 1 unspecified atom stereocenters. The molecule has 0 aliphatic carbocycles. The summed E-state index contributed by atoms with van der Waals surface area (Å²) in [5.74, 6) is -0.418. The Hall–Kier alpha value is -3.58. The van der Waals surface area contributed by atoms with Gasteiger partial charge in [0.25, 0.3) is 0 Å². The maximum Gasteiger partial charge on any atom is 0.346 e. The van der Waals surface area contributed by atoms with Crippen LogP contribution in [0.25, 0.3) is 0 Å². The summed E-state index contributed by atoms with van der Waals surface area (Å²) in [6.07, 6.45) is 3.07. The Morgan fingerprint density at radius 3 is 2.52 bits per heavy atom. The number of nitrogens with one attached hydrogen (secondary N) is 2. The largest absolute Gasteiger partial charge is 0.463 e. The molecule has 8 heteroatoms. The standard InChI is InChI=1S/C25H25ClN4O3/c1-3-10-20-22(24(31)33-4-2)21(17-13-8-9-14-19(17)26)18-15-30(29-23(18)28-20)25(32)27-16-11-6-5-7-12-16/h5-9,11-15,21H,3-4,10H2,1-2H3,(H,27,32)(H,28,29). The third-order valence-electron chi connectivity index (χ3n) is 5.38. The predicted octanol–water partition coefficient (Wildman–Crippen LogP) is 5.79. The number of hydrogen-bond acceptors (Lipinski definition) is 5. The van der Waals surface area contributed by atoms with Crippen molar-refractivity contribution in [3.63, 3.8) is 0 Å². The molecule has 33 heavy (non-hydrogen) atoms. The number of ether oxygens (including phenoxy) is 1. The zero-order valence-corrected chi connectivity index (χ0v) is 19.2. The number of allylic oxidation sites excluding steroid dienone is 1. The summed E-state index contributed by atoms with van der Waals surface area (Å²) in [5.41, 5.74) is 3.30. The highest BCUT2D eigenvalue weighted by molar-refractivity contribution is 6.31. The quantitative estimate of drug-likeness (QED) is 0.451. The van der Waals surface area contributed by atoms with E-state index in [2.05, 4.69) is 15.7 Å². The summed E-state index contributed by atoms with van der Waals surface area (Å²) in [5, 5.41) is 11.1. The van der Waals surface area contributed by atoms with Crippen molar-refractivity contribution < 1.29 is 14.3 Å². The van der Waals surface area contributed by atoms with E-state index in [4.69, 9.17) is 16.3 Å². The number of benzene rings is 2. The number of nitrogens with zero attached hydrogens (tertiary/aromatic N) is 2.